The van der Waals surface area contributed by atoms with Gasteiger partial charge in [0.05, 0.1) is 17.5 Å². The molecule has 0 saturated heterocycles. The minimum atomic E-state index is -0.437. The maximum absolute atomic E-state index is 11.5. The number of nitrogens with two attached hydrogens (primary N) is 1. The van der Waals surface area contributed by atoms with E-state index in [0.29, 0.717) is 24.2 Å². The zero-order chi connectivity index (χ0) is 15.3. The fraction of sp³-hybridized carbons (Fsp3) is 0.533. The highest BCUT2D eigenvalue weighted by molar-refractivity contribution is 5.95. The van der Waals surface area contributed by atoms with E-state index in [-0.39, 0.29) is 11.3 Å². The average molecular weight is 279 g/mol. The second-order valence-electron chi connectivity index (χ2n) is 6.18. The molecule has 1 aromatic rings. The molecule has 0 spiro atoms. The van der Waals surface area contributed by atoms with E-state index in [2.05, 4.69) is 31.4 Å². The second kappa shape index (κ2) is 6.61. The zero-order valence-corrected chi connectivity index (χ0v) is 12.7. The first kappa shape index (κ1) is 16.3. The number of benzene rings is 1. The van der Waals surface area contributed by atoms with E-state index in [0.717, 1.165) is 5.69 Å². The van der Waals surface area contributed by atoms with Crippen molar-refractivity contribution in [2.75, 3.05) is 24.6 Å². The molecule has 1 amide bonds. The first-order valence-corrected chi connectivity index (χ1v) is 6.76. The third kappa shape index (κ3) is 5.09. The predicted octanol–water partition coefficient (Wildman–Crippen LogP) is 1.84. The van der Waals surface area contributed by atoms with E-state index in [1.807, 2.05) is 0 Å². The minimum Gasteiger partial charge on any atom is -0.397 e. The Bertz CT molecular complexity index is 467. The molecule has 0 aliphatic heterocycles. The Morgan fingerprint density at radius 1 is 1.40 bits per heavy atom. The van der Waals surface area contributed by atoms with Gasteiger partial charge in [0, 0.05) is 19.2 Å². The van der Waals surface area contributed by atoms with Crippen molar-refractivity contribution >= 4 is 17.3 Å². The van der Waals surface area contributed by atoms with Crippen LogP contribution in [0.1, 0.15) is 37.6 Å². The van der Waals surface area contributed by atoms with Crippen LogP contribution in [0.2, 0.25) is 0 Å². The third-order valence-electron chi connectivity index (χ3n) is 2.92. The van der Waals surface area contributed by atoms with Crippen LogP contribution in [0.3, 0.4) is 0 Å². The first-order chi connectivity index (χ1) is 9.23. The average Bonchev–Trinajstić information content (AvgIpc) is 2.34. The molecule has 0 fully saturated rings. The fourth-order valence-electron chi connectivity index (χ4n) is 2.02. The van der Waals surface area contributed by atoms with Crippen LogP contribution in [-0.2, 0) is 0 Å². The summed E-state index contributed by atoms with van der Waals surface area (Å²) in [5.41, 5.74) is 7.72. The van der Waals surface area contributed by atoms with E-state index in [1.54, 1.807) is 25.2 Å². The number of hydrogen-bond donors (Lipinski definition) is 4. The number of aliphatic hydroxyl groups is 1. The van der Waals surface area contributed by atoms with Crippen molar-refractivity contribution in [3.05, 3.63) is 23.8 Å². The SMILES string of the molecule is CNC(=O)c1ccc(NCC(O)CC(C)(C)C)c(N)c1. The lowest BCUT2D eigenvalue weighted by Gasteiger charge is -2.23. The molecule has 1 unspecified atom stereocenters. The van der Waals surface area contributed by atoms with Crippen molar-refractivity contribution in [1.82, 2.24) is 5.32 Å². The maximum Gasteiger partial charge on any atom is 0.251 e. The quantitative estimate of drug-likeness (QED) is 0.619. The standard InChI is InChI=1S/C15H25N3O2/c1-15(2,3)8-11(19)9-18-13-6-5-10(7-12(13)16)14(20)17-4/h5-7,11,18-19H,8-9,16H2,1-4H3,(H,17,20). The summed E-state index contributed by atoms with van der Waals surface area (Å²) in [7, 11) is 1.58. The van der Waals surface area contributed by atoms with Crippen molar-refractivity contribution in [3.63, 3.8) is 0 Å². The van der Waals surface area contributed by atoms with Gasteiger partial charge < -0.3 is 21.5 Å². The smallest absolute Gasteiger partial charge is 0.251 e. The van der Waals surface area contributed by atoms with Crippen molar-refractivity contribution in [2.45, 2.75) is 33.3 Å². The molecule has 5 N–H and O–H groups in total. The Kier molecular flexibility index (Phi) is 5.39. The van der Waals surface area contributed by atoms with Crippen molar-refractivity contribution < 1.29 is 9.90 Å². The van der Waals surface area contributed by atoms with Crippen LogP contribution in [0, 0.1) is 5.41 Å². The minimum absolute atomic E-state index is 0.0791. The van der Waals surface area contributed by atoms with Gasteiger partial charge in [-0.25, -0.2) is 0 Å². The molecule has 1 aromatic carbocycles. The summed E-state index contributed by atoms with van der Waals surface area (Å²) < 4.78 is 0. The maximum atomic E-state index is 11.5. The van der Waals surface area contributed by atoms with Crippen LogP contribution < -0.4 is 16.4 Å². The summed E-state index contributed by atoms with van der Waals surface area (Å²) in [5, 5.41) is 15.6. The molecule has 0 bridgehead atoms. The van der Waals surface area contributed by atoms with Crippen molar-refractivity contribution in [3.8, 4) is 0 Å². The Morgan fingerprint density at radius 2 is 2.05 bits per heavy atom. The number of anilines is 2. The second-order valence-corrected chi connectivity index (χ2v) is 6.18. The highest BCUT2D eigenvalue weighted by atomic mass is 16.3. The van der Waals surface area contributed by atoms with Crippen LogP contribution in [-0.4, -0.2) is 30.7 Å². The lowest BCUT2D eigenvalue weighted by atomic mass is 9.89. The number of carbonyl (C=O) groups excluding carboxylic acids is 1. The number of hydrogen-bond acceptors (Lipinski definition) is 4. The Morgan fingerprint density at radius 3 is 2.55 bits per heavy atom. The van der Waals surface area contributed by atoms with Gasteiger partial charge in [0.25, 0.3) is 5.91 Å². The van der Waals surface area contributed by atoms with Gasteiger partial charge in [-0.15, -0.1) is 0 Å². The van der Waals surface area contributed by atoms with E-state index >= 15 is 0 Å². The van der Waals surface area contributed by atoms with Gasteiger partial charge in [-0.1, -0.05) is 20.8 Å². The van der Waals surface area contributed by atoms with E-state index in [1.165, 1.54) is 0 Å². The number of carbonyl (C=O) groups is 1. The Hall–Kier alpha value is -1.75. The number of nitrogen functional groups attached to an aromatic ring is 1. The lowest BCUT2D eigenvalue weighted by Crippen LogP contribution is -2.25. The van der Waals surface area contributed by atoms with Gasteiger partial charge in [-0.05, 0) is 30.0 Å². The highest BCUT2D eigenvalue weighted by Crippen LogP contribution is 2.23. The predicted molar refractivity (Wildman–Crippen MR) is 82.8 cm³/mol. The summed E-state index contributed by atoms with van der Waals surface area (Å²) in [4.78, 5) is 11.5. The molecule has 0 aliphatic rings. The third-order valence-corrected chi connectivity index (χ3v) is 2.92. The molecule has 0 saturated carbocycles. The number of nitrogens with one attached hydrogen (secondary N) is 2. The topological polar surface area (TPSA) is 87.4 Å². The van der Waals surface area contributed by atoms with Crippen molar-refractivity contribution in [2.24, 2.45) is 5.41 Å². The first-order valence-electron chi connectivity index (χ1n) is 6.76. The largest absolute Gasteiger partial charge is 0.397 e. The van der Waals surface area contributed by atoms with E-state index < -0.39 is 6.10 Å². The molecular formula is C15H25N3O2. The molecule has 1 atom stereocenters. The molecule has 0 aromatic heterocycles. The van der Waals surface area contributed by atoms with Gasteiger partial charge in [0.2, 0.25) is 0 Å². The number of rotatable bonds is 5. The van der Waals surface area contributed by atoms with E-state index in [9.17, 15) is 9.90 Å². The van der Waals surface area contributed by atoms with Crippen LogP contribution >= 0.6 is 0 Å². The normalized spacial score (nSPS) is 12.8. The van der Waals surface area contributed by atoms with Crippen LogP contribution in [0.25, 0.3) is 0 Å². The van der Waals surface area contributed by atoms with Crippen LogP contribution in [0.4, 0.5) is 11.4 Å². The summed E-state index contributed by atoms with van der Waals surface area (Å²) in [6.45, 7) is 6.69. The number of aliphatic hydroxyl groups excluding tert-OH is 1. The summed E-state index contributed by atoms with van der Waals surface area (Å²) in [6.07, 6.45) is 0.268. The van der Waals surface area contributed by atoms with Gasteiger partial charge in [-0.2, -0.15) is 0 Å². The molecule has 0 aliphatic carbocycles. The lowest BCUT2D eigenvalue weighted by molar-refractivity contribution is 0.0963. The van der Waals surface area contributed by atoms with Crippen LogP contribution in [0.5, 0.6) is 0 Å². The molecule has 0 heterocycles. The van der Waals surface area contributed by atoms with Gasteiger partial charge in [-0.3, -0.25) is 4.79 Å². The molecule has 20 heavy (non-hydrogen) atoms. The molecule has 5 heteroatoms. The highest BCUT2D eigenvalue weighted by Gasteiger charge is 2.16. The fourth-order valence-corrected chi connectivity index (χ4v) is 2.02. The van der Waals surface area contributed by atoms with Gasteiger partial charge >= 0.3 is 0 Å². The van der Waals surface area contributed by atoms with Gasteiger partial charge in [0.1, 0.15) is 0 Å². The summed E-state index contributed by atoms with van der Waals surface area (Å²) >= 11 is 0. The van der Waals surface area contributed by atoms with Crippen molar-refractivity contribution in [1.29, 1.82) is 0 Å². The molecule has 5 nitrogen and oxygen atoms in total. The summed E-state index contributed by atoms with van der Waals surface area (Å²) in [5.74, 6) is -0.170. The molecular weight excluding hydrogens is 254 g/mol. The van der Waals surface area contributed by atoms with Gasteiger partial charge in [0.15, 0.2) is 0 Å². The summed E-state index contributed by atoms with van der Waals surface area (Å²) in [6, 6.07) is 5.08. The van der Waals surface area contributed by atoms with E-state index in [4.69, 9.17) is 5.73 Å². The Balaban J connectivity index is 2.63. The Labute approximate surface area is 120 Å². The number of amides is 1. The zero-order valence-electron chi connectivity index (χ0n) is 12.7. The molecule has 112 valence electrons. The molecule has 0 radical (unpaired) electrons. The molecule has 1 rings (SSSR count). The monoisotopic (exact) mass is 279 g/mol. The van der Waals surface area contributed by atoms with Crippen LogP contribution in [0.15, 0.2) is 18.2 Å².